The van der Waals surface area contributed by atoms with E-state index < -0.39 is 0 Å². The van der Waals surface area contributed by atoms with E-state index in [9.17, 15) is 9.59 Å². The number of aromatic amines is 1. The third-order valence-electron chi connectivity index (χ3n) is 11.1. The molecule has 0 atom stereocenters. The van der Waals surface area contributed by atoms with Crippen molar-refractivity contribution in [3.05, 3.63) is 89.5 Å². The zero-order chi connectivity index (χ0) is 35.4. The zero-order valence-corrected chi connectivity index (χ0v) is 30.2. The maximum absolute atomic E-state index is 12.8. The molecule has 1 aromatic heterocycles. The number of unbranched alkanes of at least 4 members (excludes halogenated alkanes) is 2. The van der Waals surface area contributed by atoms with Crippen LogP contribution in [-0.2, 0) is 6.42 Å². The number of imide groups is 1. The van der Waals surface area contributed by atoms with Crippen LogP contribution in [0.1, 0.15) is 52.0 Å². The maximum atomic E-state index is 12.8. The summed E-state index contributed by atoms with van der Waals surface area (Å²) in [6.07, 6.45) is 4.91. The number of ether oxygens (including phenoxy) is 1. The van der Waals surface area contributed by atoms with Crippen LogP contribution < -0.4 is 15.0 Å². The third kappa shape index (κ3) is 7.55. The number of hydrogen-bond acceptors (Lipinski definition) is 8. The molecule has 3 aliphatic heterocycles. The highest BCUT2D eigenvalue weighted by Gasteiger charge is 2.29. The van der Waals surface area contributed by atoms with Crippen LogP contribution in [-0.4, -0.2) is 116 Å². The van der Waals surface area contributed by atoms with Gasteiger partial charge in [0.1, 0.15) is 11.6 Å². The van der Waals surface area contributed by atoms with Gasteiger partial charge >= 0.3 is 0 Å². The molecule has 2 saturated heterocycles. The Morgan fingerprint density at radius 1 is 0.750 bits per heavy atom. The Balaban J connectivity index is 0.727. The summed E-state index contributed by atoms with van der Waals surface area (Å²) < 4.78 is 6.09. The Morgan fingerprint density at radius 3 is 2.25 bits per heavy atom. The lowest BCUT2D eigenvalue weighted by Crippen LogP contribution is -2.46. The molecule has 8 rings (SSSR count). The van der Waals surface area contributed by atoms with Gasteiger partial charge in [-0.1, -0.05) is 24.3 Å². The average Bonchev–Trinajstić information content (AvgIpc) is 3.60. The second-order valence-electron chi connectivity index (χ2n) is 14.6. The summed E-state index contributed by atoms with van der Waals surface area (Å²) in [6.45, 7) is 11.5. The van der Waals surface area contributed by atoms with Gasteiger partial charge in [-0.3, -0.25) is 14.9 Å². The Kier molecular flexibility index (Phi) is 10.2. The molecule has 2 fully saturated rings. The van der Waals surface area contributed by atoms with Crippen LogP contribution in [0.2, 0.25) is 0 Å². The molecule has 270 valence electrons. The number of imidazole rings is 1. The number of aromatic nitrogens is 2. The van der Waals surface area contributed by atoms with Crippen molar-refractivity contribution in [2.75, 3.05) is 84.0 Å². The van der Waals surface area contributed by atoms with Gasteiger partial charge in [-0.15, -0.1) is 0 Å². The van der Waals surface area contributed by atoms with E-state index in [-0.39, 0.29) is 11.8 Å². The SMILES string of the molecule is CN1CCN(c2ccc3nc(-c4ccc(OCCCCN5CCN(CCCCc6c7cc8ccccc8c6C(=O)NC7=O)CC5)cc4)[nH]c3c2)CC1. The summed E-state index contributed by atoms with van der Waals surface area (Å²) in [4.78, 5) is 43.7. The van der Waals surface area contributed by atoms with Gasteiger partial charge in [0.05, 0.1) is 23.2 Å². The van der Waals surface area contributed by atoms with Gasteiger partial charge in [0.2, 0.25) is 0 Å². The third-order valence-corrected chi connectivity index (χ3v) is 11.1. The molecule has 0 spiro atoms. The molecule has 3 aliphatic rings. The summed E-state index contributed by atoms with van der Waals surface area (Å²) >= 11 is 0. The first-order valence-electron chi connectivity index (χ1n) is 19.0. The standard InChI is InChI=1S/C42H49N7O3/c1-46-19-25-49(26-20-46)32-13-16-37-38(29-32)44-40(43-37)30-11-14-33(15-12-30)52-27-7-6-18-48-23-21-47(22-24-48)17-5-4-10-35-36-28-31-8-2-3-9-34(31)39(35)42(51)45-41(36)50/h2-3,8-9,11-16,28-29H,4-7,10,17-27H2,1H3,(H,43,44)(H,45,50,51). The van der Waals surface area contributed by atoms with Crippen molar-refractivity contribution in [1.29, 1.82) is 0 Å². The van der Waals surface area contributed by atoms with Crippen molar-refractivity contribution < 1.29 is 14.3 Å². The van der Waals surface area contributed by atoms with E-state index in [1.54, 1.807) is 0 Å². The predicted octanol–water partition coefficient (Wildman–Crippen LogP) is 5.82. The molecule has 10 heteroatoms. The summed E-state index contributed by atoms with van der Waals surface area (Å²) in [7, 11) is 2.18. The maximum Gasteiger partial charge on any atom is 0.259 e. The number of likely N-dealkylation sites (N-methyl/N-ethyl adjacent to an activating group) is 1. The van der Waals surface area contributed by atoms with E-state index in [0.717, 1.165) is 142 Å². The van der Waals surface area contributed by atoms with Gasteiger partial charge in [0, 0.05) is 69.2 Å². The lowest BCUT2D eigenvalue weighted by Gasteiger charge is -2.34. The lowest BCUT2D eigenvalue weighted by atomic mass is 9.87. The van der Waals surface area contributed by atoms with Crippen molar-refractivity contribution >= 4 is 39.3 Å². The number of nitrogens with zero attached hydrogens (tertiary/aromatic N) is 5. The quantitative estimate of drug-likeness (QED) is 0.117. The molecule has 0 saturated carbocycles. The number of carbonyl (C=O) groups excluding carboxylic acids is 2. The van der Waals surface area contributed by atoms with Gasteiger partial charge in [-0.05, 0) is 117 Å². The summed E-state index contributed by atoms with van der Waals surface area (Å²) in [5.41, 5.74) is 6.61. The number of anilines is 1. The van der Waals surface area contributed by atoms with Crippen LogP contribution >= 0.6 is 0 Å². The summed E-state index contributed by atoms with van der Waals surface area (Å²) in [6, 6.07) is 24.6. The largest absolute Gasteiger partial charge is 0.494 e. The highest BCUT2D eigenvalue weighted by atomic mass is 16.5. The van der Waals surface area contributed by atoms with Gasteiger partial charge in [0.25, 0.3) is 11.8 Å². The van der Waals surface area contributed by atoms with E-state index >= 15 is 0 Å². The minimum absolute atomic E-state index is 0.268. The highest BCUT2D eigenvalue weighted by Crippen LogP contribution is 2.31. The highest BCUT2D eigenvalue weighted by molar-refractivity contribution is 6.22. The van der Waals surface area contributed by atoms with E-state index in [2.05, 4.69) is 67.3 Å². The van der Waals surface area contributed by atoms with Crippen LogP contribution in [0, 0.1) is 0 Å². The molecule has 52 heavy (non-hydrogen) atoms. The molecule has 0 unspecified atom stereocenters. The number of carbonyl (C=O) groups is 2. The first-order chi connectivity index (χ1) is 25.5. The van der Waals surface area contributed by atoms with Crippen LogP contribution in [0.25, 0.3) is 33.2 Å². The van der Waals surface area contributed by atoms with E-state index in [1.165, 1.54) is 5.69 Å². The number of amides is 2. The van der Waals surface area contributed by atoms with E-state index in [4.69, 9.17) is 9.72 Å². The predicted molar refractivity (Wildman–Crippen MR) is 208 cm³/mol. The molecule has 4 aromatic carbocycles. The second-order valence-corrected chi connectivity index (χ2v) is 14.6. The molecule has 5 aromatic rings. The molecule has 0 aliphatic carbocycles. The fraction of sp³-hybridized carbons (Fsp3) is 0.405. The minimum Gasteiger partial charge on any atom is -0.494 e. The topological polar surface area (TPSA) is 97.0 Å². The summed E-state index contributed by atoms with van der Waals surface area (Å²) in [5, 5.41) is 4.40. The smallest absolute Gasteiger partial charge is 0.259 e. The molecule has 4 heterocycles. The molecule has 10 nitrogen and oxygen atoms in total. The van der Waals surface area contributed by atoms with Crippen molar-refractivity contribution in [2.45, 2.75) is 32.1 Å². The Labute approximate surface area is 305 Å². The second kappa shape index (κ2) is 15.5. The van der Waals surface area contributed by atoms with Crippen molar-refractivity contribution in [3.8, 4) is 17.1 Å². The first-order valence-corrected chi connectivity index (χ1v) is 19.0. The molecule has 0 radical (unpaired) electrons. The van der Waals surface area contributed by atoms with Gasteiger partial charge < -0.3 is 29.3 Å². The Bertz CT molecular complexity index is 2040. The number of fused-ring (bicyclic) bond motifs is 5. The van der Waals surface area contributed by atoms with Gasteiger partial charge in [-0.2, -0.15) is 0 Å². The number of hydrogen-bond donors (Lipinski definition) is 2. The van der Waals surface area contributed by atoms with Crippen LogP contribution in [0.5, 0.6) is 5.75 Å². The monoisotopic (exact) mass is 699 g/mol. The number of nitrogens with one attached hydrogen (secondary N) is 2. The van der Waals surface area contributed by atoms with Gasteiger partial charge in [0.15, 0.2) is 0 Å². The normalized spacial score (nSPS) is 17.3. The van der Waals surface area contributed by atoms with Crippen LogP contribution in [0.4, 0.5) is 5.69 Å². The van der Waals surface area contributed by atoms with E-state index in [0.29, 0.717) is 17.7 Å². The van der Waals surface area contributed by atoms with Crippen molar-refractivity contribution in [1.82, 2.24) is 30.0 Å². The fourth-order valence-corrected chi connectivity index (χ4v) is 7.95. The van der Waals surface area contributed by atoms with Crippen LogP contribution in [0.3, 0.4) is 0 Å². The number of H-pyrrole nitrogens is 1. The number of piperazine rings is 2. The van der Waals surface area contributed by atoms with Gasteiger partial charge in [-0.25, -0.2) is 4.98 Å². The van der Waals surface area contributed by atoms with Crippen molar-refractivity contribution in [3.63, 3.8) is 0 Å². The Morgan fingerprint density at radius 2 is 1.48 bits per heavy atom. The summed E-state index contributed by atoms with van der Waals surface area (Å²) in [5.74, 6) is 1.24. The molecular weight excluding hydrogens is 651 g/mol. The van der Waals surface area contributed by atoms with Crippen molar-refractivity contribution in [2.24, 2.45) is 0 Å². The lowest BCUT2D eigenvalue weighted by molar-refractivity contribution is 0.0839. The molecule has 2 N–H and O–H groups in total. The molecule has 2 bridgehead atoms. The Hall–Kier alpha value is -4.77. The number of benzene rings is 4. The van der Waals surface area contributed by atoms with Crippen LogP contribution in [0.15, 0.2) is 72.8 Å². The molecular formula is C42H49N7O3. The molecule has 2 amide bonds. The minimum atomic E-state index is -0.273. The first kappa shape index (κ1) is 34.3. The van der Waals surface area contributed by atoms with E-state index in [1.807, 2.05) is 42.5 Å². The zero-order valence-electron chi connectivity index (χ0n) is 30.2. The number of rotatable bonds is 13. The average molecular weight is 700 g/mol. The fourth-order valence-electron chi connectivity index (χ4n) is 7.95.